The molecule has 0 saturated heterocycles. The van der Waals surface area contributed by atoms with Crippen molar-refractivity contribution in [3.05, 3.63) is 114 Å². The molecule has 3 heterocycles. The first kappa shape index (κ1) is 27.3. The molecule has 1 radical (unpaired) electrons. The molecule has 46 heavy (non-hydrogen) atoms. The monoisotopic (exact) mass is 805 g/mol. The summed E-state index contributed by atoms with van der Waals surface area (Å²) in [7, 11) is -1.78. The summed E-state index contributed by atoms with van der Waals surface area (Å²) in [6, 6.07) is 33.2. The van der Waals surface area contributed by atoms with E-state index >= 15 is 0 Å². The fraction of sp³-hybridized carbons (Fsp3) is 0.250. The molecule has 0 aliphatic carbocycles. The van der Waals surface area contributed by atoms with E-state index in [4.69, 9.17) is 16.3 Å². The number of furan rings is 1. The van der Waals surface area contributed by atoms with Crippen LogP contribution in [0.5, 0.6) is 0 Å². The number of hydrogen-bond acceptors (Lipinski definition) is 3. The number of para-hydroxylation sites is 3. The van der Waals surface area contributed by atoms with Crippen LogP contribution in [0.25, 0.3) is 55.6 Å². The number of aryl methyl sites for hydroxylation is 2. The third-order valence-electron chi connectivity index (χ3n) is 7.78. The van der Waals surface area contributed by atoms with Crippen LogP contribution in [0.3, 0.4) is 0 Å². The molecule has 7 rings (SSSR count). The van der Waals surface area contributed by atoms with Gasteiger partial charge in [-0.15, -0.1) is 53.6 Å². The summed E-state index contributed by atoms with van der Waals surface area (Å²) in [5.41, 5.74) is 7.00. The van der Waals surface area contributed by atoms with Gasteiger partial charge >= 0.3 is 0 Å². The Labute approximate surface area is 294 Å². The van der Waals surface area contributed by atoms with Crippen molar-refractivity contribution < 1.29 is 31.4 Å². The Balaban J connectivity index is 0.000000194. The van der Waals surface area contributed by atoms with Crippen molar-refractivity contribution in [2.45, 2.75) is 60.2 Å². The van der Waals surface area contributed by atoms with Crippen molar-refractivity contribution in [1.29, 1.82) is 0 Å². The first-order valence-electron chi connectivity index (χ1n) is 17.9. The van der Waals surface area contributed by atoms with Crippen LogP contribution in [-0.2, 0) is 33.0 Å². The SMILES string of the molecule is CCn1c(-c2[c-]ccc3c2oc2ccccc23)nc2ccccc21.[2H]C([2H])([2H])c1c[c-]c(-c2cc(C([2H])([2H])C(C)C)c([Si](C)(C)C)cn2)cc1.[Ir]. The second-order valence-corrected chi connectivity index (χ2v) is 17.6. The van der Waals surface area contributed by atoms with Gasteiger partial charge in [0.1, 0.15) is 5.58 Å². The molecule has 0 saturated carbocycles. The molecule has 4 aromatic carbocycles. The van der Waals surface area contributed by atoms with Crippen molar-refractivity contribution in [3.8, 4) is 22.6 Å². The third-order valence-corrected chi connectivity index (χ3v) is 9.79. The third kappa shape index (κ3) is 6.80. The normalized spacial score (nSPS) is 13.8. The molecule has 0 unspecified atom stereocenters. The fourth-order valence-corrected chi connectivity index (χ4v) is 7.06. The van der Waals surface area contributed by atoms with Crippen LogP contribution in [-0.4, -0.2) is 22.6 Å². The van der Waals surface area contributed by atoms with E-state index in [9.17, 15) is 0 Å². The van der Waals surface area contributed by atoms with Gasteiger partial charge in [0, 0.05) is 45.1 Å². The minimum absolute atomic E-state index is 0. The summed E-state index contributed by atoms with van der Waals surface area (Å²) < 4.78 is 47.9. The second-order valence-electron chi connectivity index (χ2n) is 12.5. The standard InChI is InChI=1S/C21H15N2O.C19H26NSi.Ir/c1-2-23-18-12-5-4-11-17(18)22-21(23)16-10-7-9-15-14-8-3-6-13-19(14)24-20(15)16;1-14(2)11-17-12-18(16-9-7-15(3)8-10-16)20-13-19(17)21(4,5)6;/h3-9,11-13H,2H2,1H3;7-9,12-14H,11H2,1-6H3;/q2*-1;/i;3D3,11D2;. The van der Waals surface area contributed by atoms with Crippen molar-refractivity contribution >= 4 is 46.2 Å². The molecule has 0 fully saturated rings. The summed E-state index contributed by atoms with van der Waals surface area (Å²) in [5.74, 6) is 0.734. The first-order chi connectivity index (χ1) is 23.6. The molecule has 0 amide bonds. The summed E-state index contributed by atoms with van der Waals surface area (Å²) >= 11 is 0. The summed E-state index contributed by atoms with van der Waals surface area (Å²) in [5, 5.41) is 3.25. The Kier molecular flexibility index (Phi) is 8.24. The predicted octanol–water partition coefficient (Wildman–Crippen LogP) is 10.0. The molecule has 7 aromatic rings. The maximum absolute atomic E-state index is 8.59. The van der Waals surface area contributed by atoms with Gasteiger partial charge in [0.05, 0.1) is 30.5 Å². The Morgan fingerprint density at radius 1 is 0.978 bits per heavy atom. The second kappa shape index (κ2) is 13.9. The number of nitrogens with zero attached hydrogens (tertiary/aromatic N) is 3. The van der Waals surface area contributed by atoms with E-state index in [1.807, 2.05) is 62.4 Å². The molecule has 6 heteroatoms. The van der Waals surface area contributed by atoms with Crippen molar-refractivity contribution in [2.75, 3.05) is 0 Å². The van der Waals surface area contributed by atoms with Crippen LogP contribution >= 0.6 is 0 Å². The van der Waals surface area contributed by atoms with Gasteiger partial charge in [-0.25, -0.2) is 0 Å². The molecule has 0 aliphatic rings. The van der Waals surface area contributed by atoms with Gasteiger partial charge in [0.2, 0.25) is 0 Å². The molecular formula is C40H41IrN3OSi-2. The zero-order valence-corrected chi connectivity index (χ0v) is 30.4. The smallest absolute Gasteiger partial charge is 0.120 e. The van der Waals surface area contributed by atoms with E-state index in [1.165, 1.54) is 6.07 Å². The minimum atomic E-state index is -2.16. The van der Waals surface area contributed by atoms with Crippen LogP contribution in [0.2, 0.25) is 19.6 Å². The molecule has 0 N–H and O–H groups in total. The average Bonchev–Trinajstić information content (AvgIpc) is 3.66. The van der Waals surface area contributed by atoms with Gasteiger partial charge in [0.25, 0.3) is 0 Å². The maximum atomic E-state index is 8.59. The molecule has 0 aliphatic heterocycles. The molecule has 237 valence electrons. The number of rotatable bonds is 6. The van der Waals surface area contributed by atoms with Gasteiger partial charge in [-0.2, -0.15) is 0 Å². The minimum Gasteiger partial charge on any atom is -0.501 e. The number of imidazole rings is 1. The van der Waals surface area contributed by atoms with Crippen LogP contribution in [0.4, 0.5) is 0 Å². The van der Waals surface area contributed by atoms with Crippen LogP contribution in [0, 0.1) is 24.9 Å². The first-order valence-corrected chi connectivity index (χ1v) is 18.9. The van der Waals surface area contributed by atoms with Crippen molar-refractivity contribution in [2.24, 2.45) is 5.92 Å². The molecule has 4 nitrogen and oxygen atoms in total. The number of hydrogen-bond donors (Lipinski definition) is 0. The average molecular weight is 805 g/mol. The van der Waals surface area contributed by atoms with E-state index < -0.39 is 21.3 Å². The van der Waals surface area contributed by atoms with E-state index in [2.05, 4.69) is 66.4 Å². The summed E-state index contributed by atoms with van der Waals surface area (Å²) in [4.78, 5) is 9.38. The van der Waals surface area contributed by atoms with E-state index in [-0.39, 0.29) is 31.6 Å². The Bertz CT molecular complexity index is 2300. The summed E-state index contributed by atoms with van der Waals surface area (Å²) in [6.07, 6.45) is 0.328. The van der Waals surface area contributed by atoms with Gasteiger partial charge in [0.15, 0.2) is 0 Å². The zero-order chi connectivity index (χ0) is 36.0. The Morgan fingerprint density at radius 2 is 1.76 bits per heavy atom. The van der Waals surface area contributed by atoms with Gasteiger partial charge < -0.3 is 14.0 Å². The molecule has 0 bridgehead atoms. The van der Waals surface area contributed by atoms with Crippen molar-refractivity contribution in [1.82, 2.24) is 14.5 Å². The van der Waals surface area contributed by atoms with E-state index in [0.717, 1.165) is 56.1 Å². The molecular weight excluding hydrogens is 759 g/mol. The van der Waals surface area contributed by atoms with E-state index in [1.54, 1.807) is 18.3 Å². The van der Waals surface area contributed by atoms with Crippen LogP contribution in [0.15, 0.2) is 95.5 Å². The molecule has 0 spiro atoms. The molecule has 3 aromatic heterocycles. The topological polar surface area (TPSA) is 43.9 Å². The number of aromatic nitrogens is 3. The van der Waals surface area contributed by atoms with Crippen LogP contribution < -0.4 is 5.19 Å². The quantitative estimate of drug-likeness (QED) is 0.124. The largest absolute Gasteiger partial charge is 0.501 e. The Hall–Kier alpha value is -3.83. The maximum Gasteiger partial charge on any atom is 0.120 e. The number of pyridine rings is 1. The predicted molar refractivity (Wildman–Crippen MR) is 192 cm³/mol. The van der Waals surface area contributed by atoms with E-state index in [0.29, 0.717) is 16.8 Å². The number of benzene rings is 4. The van der Waals surface area contributed by atoms with Crippen molar-refractivity contribution in [3.63, 3.8) is 0 Å². The fourth-order valence-electron chi connectivity index (χ4n) is 5.66. The number of fused-ring (bicyclic) bond motifs is 4. The van der Waals surface area contributed by atoms with Gasteiger partial charge in [-0.3, -0.25) is 4.98 Å². The van der Waals surface area contributed by atoms with Gasteiger partial charge in [-0.05, 0) is 48.3 Å². The summed E-state index contributed by atoms with van der Waals surface area (Å²) in [6.45, 7) is 11.1. The molecule has 0 atom stereocenters. The van der Waals surface area contributed by atoms with Crippen LogP contribution in [0.1, 0.15) is 38.8 Å². The van der Waals surface area contributed by atoms with Gasteiger partial charge in [-0.1, -0.05) is 93.3 Å². The Morgan fingerprint density at radius 3 is 2.48 bits per heavy atom. The zero-order valence-electron chi connectivity index (χ0n) is 32.0.